The minimum Gasteiger partial charge on any atom is -0.393 e. The third kappa shape index (κ3) is 3.01. The minimum atomic E-state index is -0.126. The molecule has 30 heavy (non-hydrogen) atoms. The Morgan fingerprint density at radius 2 is 1.93 bits per heavy atom. The third-order valence-electron chi connectivity index (χ3n) is 10.6. The Labute approximate surface area is 182 Å². The molecule has 0 aromatic heterocycles. The van der Waals surface area contributed by atoms with Crippen molar-refractivity contribution in [3.8, 4) is 0 Å². The summed E-state index contributed by atoms with van der Waals surface area (Å²) in [5, 5.41) is 10.2. The van der Waals surface area contributed by atoms with Crippen LogP contribution in [0, 0.1) is 46.3 Å². The van der Waals surface area contributed by atoms with Crippen LogP contribution in [0.3, 0.4) is 0 Å². The van der Waals surface area contributed by atoms with Crippen LogP contribution in [0.1, 0.15) is 85.5 Å². The number of hydrogen-bond acceptors (Lipinski definition) is 3. The molecule has 0 aromatic rings. The summed E-state index contributed by atoms with van der Waals surface area (Å²) in [6.45, 7) is 10.3. The van der Waals surface area contributed by atoms with Crippen LogP contribution in [-0.2, 0) is 4.79 Å². The Balaban J connectivity index is 1.37. The first-order valence-corrected chi connectivity index (χ1v) is 12.7. The number of carbonyl (C=O) groups is 1. The molecule has 5 rings (SSSR count). The van der Waals surface area contributed by atoms with Gasteiger partial charge in [-0.2, -0.15) is 0 Å². The van der Waals surface area contributed by atoms with Crippen LogP contribution >= 0.6 is 0 Å². The average Bonchev–Trinajstić information content (AvgIpc) is 3.30. The number of carbonyl (C=O) groups excluding carboxylic acids is 1. The van der Waals surface area contributed by atoms with Gasteiger partial charge >= 0.3 is 0 Å². The predicted molar refractivity (Wildman–Crippen MR) is 121 cm³/mol. The minimum absolute atomic E-state index is 0.121. The van der Waals surface area contributed by atoms with Gasteiger partial charge in [0.2, 0.25) is 0 Å². The molecule has 3 nitrogen and oxygen atoms in total. The first-order chi connectivity index (χ1) is 14.2. The molecule has 1 heterocycles. The van der Waals surface area contributed by atoms with Crippen molar-refractivity contribution < 1.29 is 9.90 Å². The molecule has 1 unspecified atom stereocenters. The molecule has 166 valence electrons. The second-order valence-electron chi connectivity index (χ2n) is 12.1. The molecular formula is C27H41NO2. The molecule has 0 spiro atoms. The Morgan fingerprint density at radius 1 is 1.13 bits per heavy atom. The molecule has 1 aliphatic heterocycles. The van der Waals surface area contributed by atoms with Crippen molar-refractivity contribution in [2.45, 2.75) is 91.6 Å². The summed E-state index contributed by atoms with van der Waals surface area (Å²) in [6.07, 6.45) is 12.6. The van der Waals surface area contributed by atoms with Gasteiger partial charge in [0, 0.05) is 12.5 Å². The fraction of sp³-hybridized carbons (Fsp3) is 0.852. The van der Waals surface area contributed by atoms with Crippen molar-refractivity contribution in [2.75, 3.05) is 6.54 Å². The second-order valence-corrected chi connectivity index (χ2v) is 12.1. The zero-order valence-corrected chi connectivity index (χ0v) is 19.5. The first-order valence-electron chi connectivity index (χ1n) is 12.7. The second kappa shape index (κ2) is 7.29. The normalized spacial score (nSPS) is 48.8. The third-order valence-corrected chi connectivity index (χ3v) is 10.6. The standard InChI is InChI=1S/C27H41NO2/c1-16-13-24(28-15-16)25(30)17(2)21-7-8-22-20-6-5-18-14-19(29)9-11-26(18,3)23(20)10-12-27(21,22)4/h5,16-17,19-23,29H,6-15H2,1-4H3/t16?,17-,19-,20-,21+,22-,23-,26-,27+/m0/s1. The van der Waals surface area contributed by atoms with E-state index < -0.39 is 0 Å². The highest BCUT2D eigenvalue weighted by Crippen LogP contribution is 2.67. The first kappa shape index (κ1) is 20.9. The van der Waals surface area contributed by atoms with Gasteiger partial charge in [-0.05, 0) is 98.2 Å². The highest BCUT2D eigenvalue weighted by atomic mass is 16.3. The zero-order chi connectivity index (χ0) is 21.3. The number of rotatable bonds is 3. The Bertz CT molecular complexity index is 784. The van der Waals surface area contributed by atoms with E-state index in [2.05, 4.69) is 38.8 Å². The largest absolute Gasteiger partial charge is 0.393 e. The van der Waals surface area contributed by atoms with Gasteiger partial charge in [-0.3, -0.25) is 9.79 Å². The molecule has 5 aliphatic rings. The summed E-state index contributed by atoms with van der Waals surface area (Å²) in [7, 11) is 0. The Hall–Kier alpha value is -0.960. The van der Waals surface area contributed by atoms with E-state index in [-0.39, 0.29) is 12.0 Å². The number of aliphatic hydroxyl groups is 1. The molecule has 0 bridgehead atoms. The van der Waals surface area contributed by atoms with Crippen LogP contribution in [-0.4, -0.2) is 29.3 Å². The maximum absolute atomic E-state index is 13.3. The summed E-state index contributed by atoms with van der Waals surface area (Å²) in [5.41, 5.74) is 3.04. The number of fused-ring (bicyclic) bond motifs is 5. The van der Waals surface area contributed by atoms with E-state index in [1.54, 1.807) is 5.57 Å². The topological polar surface area (TPSA) is 49.7 Å². The molecule has 3 heteroatoms. The van der Waals surface area contributed by atoms with E-state index in [0.717, 1.165) is 55.7 Å². The number of aliphatic imine (C=N–C) groups is 1. The molecule has 1 N–H and O–H groups in total. The summed E-state index contributed by atoms with van der Waals surface area (Å²) >= 11 is 0. The molecular weight excluding hydrogens is 370 g/mol. The number of ketones is 1. The highest BCUT2D eigenvalue weighted by molar-refractivity contribution is 6.41. The molecule has 0 radical (unpaired) electrons. The predicted octanol–water partition coefficient (Wildman–Crippen LogP) is 5.61. The lowest BCUT2D eigenvalue weighted by molar-refractivity contribution is -0.120. The van der Waals surface area contributed by atoms with Gasteiger partial charge in [-0.25, -0.2) is 0 Å². The van der Waals surface area contributed by atoms with E-state index in [1.165, 1.54) is 32.1 Å². The van der Waals surface area contributed by atoms with E-state index in [1.807, 2.05) is 0 Å². The maximum Gasteiger partial charge on any atom is 0.179 e. The highest BCUT2D eigenvalue weighted by Gasteiger charge is 2.59. The van der Waals surface area contributed by atoms with Crippen LogP contribution < -0.4 is 0 Å². The SMILES string of the molecule is CC1CN=C(C(=O)[C@@H](C)[C@H]2CC[C@H]3[C@@H]4CC=C5C[C@@H](O)CC[C@]5(C)[C@H]4CC[C@]23C)C1. The van der Waals surface area contributed by atoms with Crippen LogP contribution in [0.25, 0.3) is 0 Å². The summed E-state index contributed by atoms with van der Waals surface area (Å²) in [6, 6.07) is 0. The average molecular weight is 412 g/mol. The van der Waals surface area contributed by atoms with Gasteiger partial charge in [0.15, 0.2) is 5.78 Å². The van der Waals surface area contributed by atoms with Crippen molar-refractivity contribution in [2.24, 2.45) is 51.3 Å². The molecule has 3 saturated carbocycles. The van der Waals surface area contributed by atoms with Gasteiger partial charge in [0.1, 0.15) is 0 Å². The van der Waals surface area contributed by atoms with E-state index >= 15 is 0 Å². The monoisotopic (exact) mass is 411 g/mol. The lowest BCUT2D eigenvalue weighted by Crippen LogP contribution is -2.51. The van der Waals surface area contributed by atoms with Gasteiger partial charge in [-0.1, -0.05) is 39.3 Å². The van der Waals surface area contributed by atoms with Gasteiger partial charge in [-0.15, -0.1) is 0 Å². The fourth-order valence-electron chi connectivity index (χ4n) is 8.85. The Morgan fingerprint density at radius 3 is 2.67 bits per heavy atom. The quantitative estimate of drug-likeness (QED) is 0.613. The molecule has 3 fully saturated rings. The maximum atomic E-state index is 13.3. The number of allylic oxidation sites excluding steroid dienone is 1. The molecule has 0 aromatic carbocycles. The molecule has 0 saturated heterocycles. The smallest absolute Gasteiger partial charge is 0.179 e. The summed E-state index contributed by atoms with van der Waals surface area (Å²) < 4.78 is 0. The van der Waals surface area contributed by atoms with E-state index in [0.29, 0.717) is 28.4 Å². The lowest BCUT2D eigenvalue weighted by atomic mass is 9.47. The lowest BCUT2D eigenvalue weighted by Gasteiger charge is -2.58. The van der Waals surface area contributed by atoms with E-state index in [4.69, 9.17) is 0 Å². The number of aliphatic hydroxyl groups excluding tert-OH is 1. The molecule has 9 atom stereocenters. The summed E-state index contributed by atoms with van der Waals surface area (Å²) in [5.74, 6) is 3.82. The van der Waals surface area contributed by atoms with Crippen molar-refractivity contribution >= 4 is 11.5 Å². The number of Topliss-reactive ketones (excluding diaryl/α,β-unsaturated/α-hetero) is 1. The molecule has 4 aliphatic carbocycles. The number of hydrogen-bond donors (Lipinski definition) is 1. The van der Waals surface area contributed by atoms with Crippen LogP contribution in [0.15, 0.2) is 16.6 Å². The summed E-state index contributed by atoms with van der Waals surface area (Å²) in [4.78, 5) is 17.9. The van der Waals surface area contributed by atoms with Gasteiger partial charge in [0.25, 0.3) is 0 Å². The van der Waals surface area contributed by atoms with Gasteiger partial charge in [0.05, 0.1) is 11.8 Å². The van der Waals surface area contributed by atoms with Crippen molar-refractivity contribution in [3.05, 3.63) is 11.6 Å². The van der Waals surface area contributed by atoms with Crippen LogP contribution in [0.5, 0.6) is 0 Å². The fourth-order valence-corrected chi connectivity index (χ4v) is 8.85. The van der Waals surface area contributed by atoms with E-state index in [9.17, 15) is 9.90 Å². The van der Waals surface area contributed by atoms with Crippen LogP contribution in [0.4, 0.5) is 0 Å². The molecule has 0 amide bonds. The van der Waals surface area contributed by atoms with Crippen LogP contribution in [0.2, 0.25) is 0 Å². The van der Waals surface area contributed by atoms with Gasteiger partial charge < -0.3 is 5.11 Å². The zero-order valence-electron chi connectivity index (χ0n) is 19.5. The van der Waals surface area contributed by atoms with Crippen molar-refractivity contribution in [1.82, 2.24) is 0 Å². The number of nitrogens with zero attached hydrogens (tertiary/aromatic N) is 1. The van der Waals surface area contributed by atoms with Crippen molar-refractivity contribution in [3.63, 3.8) is 0 Å². The Kier molecular flexibility index (Phi) is 5.08. The van der Waals surface area contributed by atoms with Crippen molar-refractivity contribution in [1.29, 1.82) is 0 Å².